The largest absolute Gasteiger partial charge is 0.479 e. The molecule has 0 aliphatic rings. The van der Waals surface area contributed by atoms with E-state index in [1.54, 1.807) is 12.1 Å². The van der Waals surface area contributed by atoms with Gasteiger partial charge >= 0.3 is 12.0 Å². The lowest BCUT2D eigenvalue weighted by Gasteiger charge is -2.10. The molecule has 0 unspecified atom stereocenters. The van der Waals surface area contributed by atoms with Crippen LogP contribution >= 0.6 is 23.3 Å². The molecule has 10 heteroatoms. The summed E-state index contributed by atoms with van der Waals surface area (Å²) in [5.74, 6) is -1.33. The first-order valence-electron chi connectivity index (χ1n) is 5.85. The van der Waals surface area contributed by atoms with Crippen molar-refractivity contribution >= 4 is 52.1 Å². The minimum absolute atomic E-state index is 0.00219. The summed E-state index contributed by atoms with van der Waals surface area (Å²) in [5, 5.41) is 22.9. The molecular weight excluding hydrogens is 320 g/mol. The Morgan fingerprint density at radius 2 is 2.14 bits per heavy atom. The molecule has 0 aliphatic carbocycles. The zero-order valence-corrected chi connectivity index (χ0v) is 12.1. The number of halogens is 1. The van der Waals surface area contributed by atoms with Crippen LogP contribution in [0.1, 0.15) is 6.42 Å². The van der Waals surface area contributed by atoms with Crippen molar-refractivity contribution in [2.24, 2.45) is 0 Å². The fourth-order valence-corrected chi connectivity index (χ4v) is 2.29. The second-order valence-electron chi connectivity index (χ2n) is 4.08. The molecule has 2 rings (SSSR count). The summed E-state index contributed by atoms with van der Waals surface area (Å²) in [5.41, 5.74) is 1.42. The van der Waals surface area contributed by atoms with Gasteiger partial charge in [-0.25, -0.2) is 9.59 Å². The highest BCUT2D eigenvalue weighted by molar-refractivity contribution is 7.00. The second kappa shape index (κ2) is 6.66. The summed E-state index contributed by atoms with van der Waals surface area (Å²) in [6, 6.07) is 2.71. The van der Waals surface area contributed by atoms with Gasteiger partial charge in [-0.05, 0) is 12.1 Å². The molecule has 0 spiro atoms. The van der Waals surface area contributed by atoms with Crippen molar-refractivity contribution in [3.05, 3.63) is 17.2 Å². The third kappa shape index (κ3) is 3.78. The molecule has 0 saturated carbocycles. The lowest BCUT2D eigenvalue weighted by molar-refractivity contribution is -0.146. The van der Waals surface area contributed by atoms with Gasteiger partial charge in [0.15, 0.2) is 6.10 Å². The molecule has 2 amide bonds. The van der Waals surface area contributed by atoms with Crippen LogP contribution in [0.3, 0.4) is 0 Å². The number of carboxylic acids is 1. The van der Waals surface area contributed by atoms with Crippen LogP contribution < -0.4 is 10.6 Å². The van der Waals surface area contributed by atoms with Crippen molar-refractivity contribution in [3.8, 4) is 0 Å². The van der Waals surface area contributed by atoms with Crippen LogP contribution in [0.4, 0.5) is 10.5 Å². The monoisotopic (exact) mass is 330 g/mol. The SMILES string of the molecule is O=C(NCC[C@H](O)C(=O)O)Nc1c(Cl)ccc2nsnc12. The average molecular weight is 331 g/mol. The quantitative estimate of drug-likeness (QED) is 0.655. The van der Waals surface area contributed by atoms with E-state index in [0.717, 1.165) is 11.7 Å². The van der Waals surface area contributed by atoms with E-state index in [0.29, 0.717) is 21.7 Å². The van der Waals surface area contributed by atoms with Gasteiger partial charge in [0.2, 0.25) is 0 Å². The lowest BCUT2D eigenvalue weighted by Crippen LogP contribution is -2.33. The van der Waals surface area contributed by atoms with E-state index in [1.165, 1.54) is 0 Å². The van der Waals surface area contributed by atoms with Crippen LogP contribution in [0, 0.1) is 0 Å². The highest BCUT2D eigenvalue weighted by Gasteiger charge is 2.15. The smallest absolute Gasteiger partial charge is 0.332 e. The Kier molecular flexibility index (Phi) is 4.89. The molecule has 4 N–H and O–H groups in total. The Morgan fingerprint density at radius 3 is 2.86 bits per heavy atom. The van der Waals surface area contributed by atoms with Gasteiger partial charge in [-0.2, -0.15) is 8.75 Å². The van der Waals surface area contributed by atoms with Crippen LogP contribution in [0.2, 0.25) is 5.02 Å². The van der Waals surface area contributed by atoms with E-state index in [9.17, 15) is 9.59 Å². The van der Waals surface area contributed by atoms with Crippen LogP contribution in [-0.4, -0.2) is 43.6 Å². The van der Waals surface area contributed by atoms with Gasteiger partial charge in [0.25, 0.3) is 0 Å². The van der Waals surface area contributed by atoms with Crippen molar-refractivity contribution in [3.63, 3.8) is 0 Å². The zero-order valence-electron chi connectivity index (χ0n) is 10.5. The number of aliphatic carboxylic acids is 1. The fraction of sp³-hybridized carbons (Fsp3) is 0.273. The molecule has 21 heavy (non-hydrogen) atoms. The average Bonchev–Trinajstić information content (AvgIpc) is 2.90. The number of carbonyl (C=O) groups excluding carboxylic acids is 1. The summed E-state index contributed by atoms with van der Waals surface area (Å²) in [6.45, 7) is 0.00219. The Bertz CT molecular complexity index is 677. The summed E-state index contributed by atoms with van der Waals surface area (Å²) in [4.78, 5) is 22.1. The molecule has 1 heterocycles. The molecule has 112 valence electrons. The lowest BCUT2D eigenvalue weighted by atomic mass is 10.2. The Morgan fingerprint density at radius 1 is 1.38 bits per heavy atom. The number of fused-ring (bicyclic) bond motifs is 1. The second-order valence-corrected chi connectivity index (χ2v) is 5.01. The Hall–Kier alpha value is -1.97. The number of aliphatic hydroxyl groups excluding tert-OH is 1. The molecule has 2 aromatic rings. The highest BCUT2D eigenvalue weighted by atomic mass is 35.5. The first kappa shape index (κ1) is 15.4. The number of nitrogens with zero attached hydrogens (tertiary/aromatic N) is 2. The Balaban J connectivity index is 1.97. The number of hydrogen-bond donors (Lipinski definition) is 4. The molecule has 1 atom stereocenters. The van der Waals surface area contributed by atoms with E-state index in [4.69, 9.17) is 21.8 Å². The number of carboxylic acid groups (broad SMARTS) is 1. The van der Waals surface area contributed by atoms with Crippen LogP contribution in [-0.2, 0) is 4.79 Å². The summed E-state index contributed by atoms with van der Waals surface area (Å²) in [6.07, 6.45) is -1.61. The number of amides is 2. The van der Waals surface area contributed by atoms with Gasteiger partial charge in [0, 0.05) is 13.0 Å². The van der Waals surface area contributed by atoms with Crippen molar-refractivity contribution in [2.45, 2.75) is 12.5 Å². The van der Waals surface area contributed by atoms with Crippen LogP contribution in [0.5, 0.6) is 0 Å². The maximum absolute atomic E-state index is 11.7. The normalized spacial score (nSPS) is 12.1. The summed E-state index contributed by atoms with van der Waals surface area (Å²) >= 11 is 7.01. The minimum atomic E-state index is -1.51. The molecule has 0 aliphatic heterocycles. The molecule has 1 aromatic heterocycles. The maximum atomic E-state index is 11.7. The number of urea groups is 1. The van der Waals surface area contributed by atoms with Gasteiger partial charge < -0.3 is 20.8 Å². The van der Waals surface area contributed by atoms with E-state index in [2.05, 4.69) is 19.4 Å². The molecule has 1 aromatic carbocycles. The molecule has 8 nitrogen and oxygen atoms in total. The van der Waals surface area contributed by atoms with E-state index >= 15 is 0 Å². The number of carbonyl (C=O) groups is 2. The zero-order chi connectivity index (χ0) is 15.4. The van der Waals surface area contributed by atoms with E-state index in [1.807, 2.05) is 0 Å². The van der Waals surface area contributed by atoms with Gasteiger partial charge in [-0.15, -0.1) is 0 Å². The molecule has 0 radical (unpaired) electrons. The molecule has 0 saturated heterocycles. The third-order valence-electron chi connectivity index (χ3n) is 2.60. The van der Waals surface area contributed by atoms with Crippen molar-refractivity contribution in [1.29, 1.82) is 0 Å². The van der Waals surface area contributed by atoms with Crippen molar-refractivity contribution in [2.75, 3.05) is 11.9 Å². The number of hydrogen-bond acceptors (Lipinski definition) is 6. The summed E-state index contributed by atoms with van der Waals surface area (Å²) in [7, 11) is 0. The van der Waals surface area contributed by atoms with E-state index in [-0.39, 0.29) is 13.0 Å². The fourth-order valence-electron chi connectivity index (χ4n) is 1.55. The number of rotatable bonds is 5. The van der Waals surface area contributed by atoms with Crippen LogP contribution in [0.15, 0.2) is 12.1 Å². The third-order valence-corrected chi connectivity index (χ3v) is 3.46. The number of aromatic nitrogens is 2. The van der Waals surface area contributed by atoms with Crippen molar-refractivity contribution < 1.29 is 19.8 Å². The van der Waals surface area contributed by atoms with Gasteiger partial charge in [0.05, 0.1) is 22.4 Å². The first-order valence-corrected chi connectivity index (χ1v) is 6.96. The topological polar surface area (TPSA) is 124 Å². The predicted octanol–water partition coefficient (Wildman–Crippen LogP) is 1.30. The molecule has 0 bridgehead atoms. The summed E-state index contributed by atoms with van der Waals surface area (Å²) < 4.78 is 8.08. The first-order chi connectivity index (χ1) is 9.99. The van der Waals surface area contributed by atoms with Crippen molar-refractivity contribution in [1.82, 2.24) is 14.1 Å². The standard InChI is InChI=1S/C11H11ClN4O4S/c12-5-1-2-6-9(16-21-15-6)8(5)14-11(20)13-4-3-7(17)10(18)19/h1-2,7,17H,3-4H2,(H,18,19)(H2,13,14,20)/t7-/m0/s1. The highest BCUT2D eigenvalue weighted by Crippen LogP contribution is 2.29. The number of anilines is 1. The minimum Gasteiger partial charge on any atom is -0.479 e. The van der Waals surface area contributed by atoms with Gasteiger partial charge in [-0.3, -0.25) is 0 Å². The van der Waals surface area contributed by atoms with Crippen LogP contribution in [0.25, 0.3) is 11.0 Å². The number of aliphatic hydroxyl groups is 1. The van der Waals surface area contributed by atoms with Gasteiger partial charge in [0.1, 0.15) is 11.0 Å². The van der Waals surface area contributed by atoms with Gasteiger partial charge in [-0.1, -0.05) is 11.6 Å². The predicted molar refractivity (Wildman–Crippen MR) is 77.7 cm³/mol. The number of nitrogens with one attached hydrogen (secondary N) is 2. The molecular formula is C11H11ClN4O4S. The van der Waals surface area contributed by atoms with E-state index < -0.39 is 18.1 Å². The number of benzene rings is 1. The Labute approximate surface area is 128 Å². The molecule has 0 fully saturated rings. The maximum Gasteiger partial charge on any atom is 0.332 e.